The summed E-state index contributed by atoms with van der Waals surface area (Å²) in [7, 11) is 0. The van der Waals surface area contributed by atoms with E-state index in [4.69, 9.17) is 16.0 Å². The molecule has 0 saturated carbocycles. The Morgan fingerprint density at radius 2 is 2.15 bits per heavy atom. The van der Waals surface area contributed by atoms with E-state index in [2.05, 4.69) is 21.2 Å². The van der Waals surface area contributed by atoms with Crippen LogP contribution in [0, 0.1) is 5.82 Å². The van der Waals surface area contributed by atoms with Gasteiger partial charge in [0.2, 0.25) is 5.91 Å². The molecule has 1 aliphatic rings. The number of rotatable bonds is 2. The minimum atomic E-state index is -0.419. The SMILES string of the molecule is O=C1CCc2cc(C(Br)c3ccc(Cl)o3)c(F)cc2N1. The topological polar surface area (TPSA) is 42.2 Å². The van der Waals surface area contributed by atoms with Crippen LogP contribution in [0.15, 0.2) is 28.7 Å². The van der Waals surface area contributed by atoms with Crippen molar-refractivity contribution in [3.05, 3.63) is 52.2 Å². The van der Waals surface area contributed by atoms with Crippen molar-refractivity contribution in [3.63, 3.8) is 0 Å². The van der Waals surface area contributed by atoms with E-state index in [-0.39, 0.29) is 11.1 Å². The summed E-state index contributed by atoms with van der Waals surface area (Å²) < 4.78 is 19.5. The van der Waals surface area contributed by atoms with Crippen LogP contribution in [0.1, 0.15) is 28.1 Å². The van der Waals surface area contributed by atoms with Crippen LogP contribution in [-0.2, 0) is 11.2 Å². The number of anilines is 1. The van der Waals surface area contributed by atoms with Gasteiger partial charge in [0.15, 0.2) is 5.22 Å². The summed E-state index contributed by atoms with van der Waals surface area (Å²) in [5.74, 6) is 0.0481. The van der Waals surface area contributed by atoms with Crippen LogP contribution >= 0.6 is 27.5 Å². The molecule has 1 aromatic carbocycles. The molecular weight excluding hydrogens is 349 g/mol. The molecule has 0 aliphatic carbocycles. The molecule has 6 heteroatoms. The minimum absolute atomic E-state index is 0.0853. The lowest BCUT2D eigenvalue weighted by atomic mass is 9.98. The number of furan rings is 1. The van der Waals surface area contributed by atoms with Crippen molar-refractivity contribution in [1.82, 2.24) is 0 Å². The van der Waals surface area contributed by atoms with Gasteiger partial charge in [0, 0.05) is 17.7 Å². The van der Waals surface area contributed by atoms with Crippen molar-refractivity contribution in [2.24, 2.45) is 0 Å². The van der Waals surface area contributed by atoms with E-state index in [0.717, 1.165) is 5.56 Å². The molecule has 0 saturated heterocycles. The van der Waals surface area contributed by atoms with Crippen LogP contribution in [0.5, 0.6) is 0 Å². The van der Waals surface area contributed by atoms with Crippen LogP contribution in [0.25, 0.3) is 0 Å². The second-order valence-electron chi connectivity index (χ2n) is 4.58. The van der Waals surface area contributed by atoms with E-state index in [0.29, 0.717) is 29.9 Å². The Kier molecular flexibility index (Phi) is 3.56. The van der Waals surface area contributed by atoms with E-state index in [1.54, 1.807) is 18.2 Å². The average Bonchev–Trinajstić information content (AvgIpc) is 2.84. The normalized spacial score (nSPS) is 15.7. The second-order valence-corrected chi connectivity index (χ2v) is 5.87. The Bertz CT molecular complexity index is 686. The van der Waals surface area contributed by atoms with Gasteiger partial charge in [-0.05, 0) is 47.9 Å². The number of fused-ring (bicyclic) bond motifs is 1. The number of carbonyl (C=O) groups excluding carboxylic acids is 1. The molecule has 1 aromatic heterocycles. The fourth-order valence-corrected chi connectivity index (χ4v) is 2.98. The molecule has 1 aliphatic heterocycles. The Morgan fingerprint density at radius 3 is 2.85 bits per heavy atom. The van der Waals surface area contributed by atoms with Gasteiger partial charge < -0.3 is 9.73 Å². The van der Waals surface area contributed by atoms with Gasteiger partial charge in [-0.25, -0.2) is 4.39 Å². The van der Waals surface area contributed by atoms with E-state index < -0.39 is 10.6 Å². The number of hydrogen-bond acceptors (Lipinski definition) is 2. The number of carbonyl (C=O) groups is 1. The molecule has 2 aromatic rings. The third-order valence-corrected chi connectivity index (χ3v) is 4.38. The highest BCUT2D eigenvalue weighted by Gasteiger charge is 2.23. The number of aryl methyl sites for hydroxylation is 1. The lowest BCUT2D eigenvalue weighted by Crippen LogP contribution is -2.19. The van der Waals surface area contributed by atoms with Crippen LogP contribution in [0.2, 0.25) is 5.22 Å². The zero-order valence-electron chi connectivity index (χ0n) is 10.3. The number of hydrogen-bond donors (Lipinski definition) is 1. The summed E-state index contributed by atoms with van der Waals surface area (Å²) in [4.78, 5) is 10.9. The first-order chi connectivity index (χ1) is 9.54. The zero-order chi connectivity index (χ0) is 14.3. The molecule has 0 radical (unpaired) electrons. The van der Waals surface area contributed by atoms with Gasteiger partial charge in [-0.2, -0.15) is 0 Å². The highest BCUT2D eigenvalue weighted by atomic mass is 79.9. The van der Waals surface area contributed by atoms with Crippen LogP contribution < -0.4 is 5.32 Å². The molecule has 0 bridgehead atoms. The van der Waals surface area contributed by atoms with Gasteiger partial charge in [0.25, 0.3) is 0 Å². The van der Waals surface area contributed by atoms with E-state index in [1.807, 2.05) is 0 Å². The highest BCUT2D eigenvalue weighted by Crippen LogP contribution is 2.37. The molecule has 3 rings (SSSR count). The largest absolute Gasteiger partial charge is 0.448 e. The van der Waals surface area contributed by atoms with Gasteiger partial charge in [-0.1, -0.05) is 15.9 Å². The summed E-state index contributed by atoms with van der Waals surface area (Å²) in [6, 6.07) is 6.41. The molecule has 3 nitrogen and oxygen atoms in total. The third-order valence-electron chi connectivity index (χ3n) is 3.23. The molecule has 104 valence electrons. The Balaban J connectivity index is 2.00. The van der Waals surface area contributed by atoms with Crippen LogP contribution in [-0.4, -0.2) is 5.91 Å². The van der Waals surface area contributed by atoms with Crippen molar-refractivity contribution < 1.29 is 13.6 Å². The van der Waals surface area contributed by atoms with Crippen molar-refractivity contribution in [3.8, 4) is 0 Å². The molecule has 1 atom stereocenters. The predicted molar refractivity (Wildman–Crippen MR) is 77.8 cm³/mol. The lowest BCUT2D eigenvalue weighted by Gasteiger charge is -2.19. The third kappa shape index (κ3) is 2.47. The maximum Gasteiger partial charge on any atom is 0.224 e. The van der Waals surface area contributed by atoms with E-state index >= 15 is 0 Å². The first-order valence-electron chi connectivity index (χ1n) is 6.06. The van der Waals surface area contributed by atoms with Crippen molar-refractivity contribution >= 4 is 39.1 Å². The van der Waals surface area contributed by atoms with Gasteiger partial charge in [0.05, 0.1) is 0 Å². The molecule has 0 spiro atoms. The summed E-state index contributed by atoms with van der Waals surface area (Å²) >= 11 is 9.15. The van der Waals surface area contributed by atoms with Crippen molar-refractivity contribution in [2.75, 3.05) is 5.32 Å². The first kappa shape index (κ1) is 13.6. The molecule has 1 amide bonds. The Labute approximate surface area is 128 Å². The number of amides is 1. The molecule has 1 N–H and O–H groups in total. The summed E-state index contributed by atoms with van der Waals surface area (Å²) in [6.45, 7) is 0. The van der Waals surface area contributed by atoms with Crippen LogP contribution in [0.3, 0.4) is 0 Å². The standard InChI is InChI=1S/C14H10BrClFNO2/c15-14(11-2-3-12(16)20-11)8-5-7-1-4-13(19)18-10(7)6-9(8)17/h2-3,5-6,14H,1,4H2,(H,18,19). The van der Waals surface area contributed by atoms with Crippen LogP contribution in [0.4, 0.5) is 10.1 Å². The Hall–Kier alpha value is -1.33. The maximum absolute atomic E-state index is 14.2. The second kappa shape index (κ2) is 5.22. The van der Waals surface area contributed by atoms with Gasteiger partial charge in [-0.15, -0.1) is 0 Å². The quantitative estimate of drug-likeness (QED) is 0.806. The molecule has 0 fully saturated rings. The lowest BCUT2D eigenvalue weighted by molar-refractivity contribution is -0.116. The number of benzene rings is 1. The van der Waals surface area contributed by atoms with Crippen molar-refractivity contribution in [2.45, 2.75) is 17.7 Å². The van der Waals surface area contributed by atoms with Gasteiger partial charge in [-0.3, -0.25) is 4.79 Å². The van der Waals surface area contributed by atoms with Gasteiger partial charge >= 0.3 is 0 Å². The predicted octanol–water partition coefficient (Wildman–Crippen LogP) is 4.44. The summed E-state index contributed by atoms with van der Waals surface area (Å²) in [5.41, 5.74) is 1.92. The van der Waals surface area contributed by atoms with E-state index in [1.165, 1.54) is 6.07 Å². The maximum atomic E-state index is 14.2. The first-order valence-corrected chi connectivity index (χ1v) is 7.35. The van der Waals surface area contributed by atoms with Gasteiger partial charge in [0.1, 0.15) is 16.4 Å². The molecule has 1 unspecified atom stereocenters. The highest BCUT2D eigenvalue weighted by molar-refractivity contribution is 9.09. The number of alkyl halides is 1. The fourth-order valence-electron chi connectivity index (χ4n) is 2.23. The monoisotopic (exact) mass is 357 g/mol. The summed E-state index contributed by atoms with van der Waals surface area (Å²) in [5, 5.41) is 2.93. The average molecular weight is 359 g/mol. The van der Waals surface area contributed by atoms with E-state index in [9.17, 15) is 9.18 Å². The number of halogens is 3. The Morgan fingerprint density at radius 1 is 1.35 bits per heavy atom. The molecule has 20 heavy (non-hydrogen) atoms. The van der Waals surface area contributed by atoms with Crippen molar-refractivity contribution in [1.29, 1.82) is 0 Å². The molecular formula is C14H10BrClFNO2. The molecule has 2 heterocycles. The zero-order valence-corrected chi connectivity index (χ0v) is 12.6. The minimum Gasteiger partial charge on any atom is -0.448 e. The summed E-state index contributed by atoms with van der Waals surface area (Å²) in [6.07, 6.45) is 1.02. The fraction of sp³-hybridized carbons (Fsp3) is 0.214. The number of nitrogens with one attached hydrogen (secondary N) is 1. The smallest absolute Gasteiger partial charge is 0.224 e.